The van der Waals surface area contributed by atoms with E-state index in [1.807, 2.05) is 45.0 Å². The number of amides is 1. The summed E-state index contributed by atoms with van der Waals surface area (Å²) in [6.45, 7) is 9.92. The van der Waals surface area contributed by atoms with Gasteiger partial charge in [-0.3, -0.25) is 9.69 Å². The van der Waals surface area contributed by atoms with Crippen molar-refractivity contribution in [2.75, 3.05) is 39.4 Å². The van der Waals surface area contributed by atoms with Crippen molar-refractivity contribution in [2.45, 2.75) is 76.5 Å². The normalized spacial score (nSPS) is 27.9. The second-order valence-electron chi connectivity index (χ2n) is 11.6. The van der Waals surface area contributed by atoms with Crippen LogP contribution in [-0.4, -0.2) is 79.9 Å². The Morgan fingerprint density at radius 3 is 2.63 bits per heavy atom. The first kappa shape index (κ1) is 30.0. The van der Waals surface area contributed by atoms with Crippen LogP contribution in [0.3, 0.4) is 0 Å². The molecule has 5 rings (SSSR count). The zero-order chi connectivity index (χ0) is 29.0. The SMILES string of the molecule is Cc1cccc(CO[C@]2(C(=O)NCCN3CCOCC3)CC(OCc3ccc(F)cc3F)[C@@H]3OC(C)(C)O[C@@H]3C2)c1. The molecule has 2 aromatic carbocycles. The van der Waals surface area contributed by atoms with Crippen LogP contribution < -0.4 is 5.32 Å². The predicted molar refractivity (Wildman–Crippen MR) is 147 cm³/mol. The largest absolute Gasteiger partial charge is 0.379 e. The van der Waals surface area contributed by atoms with Gasteiger partial charge in [0.05, 0.1) is 38.6 Å². The van der Waals surface area contributed by atoms with Gasteiger partial charge in [0.25, 0.3) is 5.91 Å². The van der Waals surface area contributed by atoms with Crippen molar-refractivity contribution in [3.63, 3.8) is 0 Å². The maximum Gasteiger partial charge on any atom is 0.252 e. The minimum atomic E-state index is -1.27. The smallest absolute Gasteiger partial charge is 0.252 e. The molecule has 1 unspecified atom stereocenters. The third-order valence-electron chi connectivity index (χ3n) is 7.95. The molecule has 2 aliphatic heterocycles. The molecule has 1 aliphatic carbocycles. The monoisotopic (exact) mass is 574 g/mol. The molecule has 0 radical (unpaired) electrons. The number of aryl methyl sites for hydroxylation is 1. The Morgan fingerprint density at radius 2 is 1.88 bits per heavy atom. The highest BCUT2D eigenvalue weighted by molar-refractivity contribution is 5.85. The third kappa shape index (κ3) is 7.49. The van der Waals surface area contributed by atoms with Gasteiger partial charge < -0.3 is 29.0 Å². The lowest BCUT2D eigenvalue weighted by atomic mass is 9.78. The molecule has 10 heteroatoms. The highest BCUT2D eigenvalue weighted by Crippen LogP contribution is 2.44. The van der Waals surface area contributed by atoms with Crippen LogP contribution in [0.1, 0.15) is 43.4 Å². The second-order valence-corrected chi connectivity index (χ2v) is 11.6. The van der Waals surface area contributed by atoms with E-state index < -0.39 is 41.3 Å². The molecule has 3 aliphatic rings. The van der Waals surface area contributed by atoms with Gasteiger partial charge in [-0.15, -0.1) is 0 Å². The number of hydrogen-bond donors (Lipinski definition) is 1. The molecule has 1 amide bonds. The van der Waals surface area contributed by atoms with Gasteiger partial charge in [0.2, 0.25) is 0 Å². The van der Waals surface area contributed by atoms with E-state index in [0.29, 0.717) is 26.3 Å². The molecule has 8 nitrogen and oxygen atoms in total. The van der Waals surface area contributed by atoms with Crippen molar-refractivity contribution in [1.82, 2.24) is 10.2 Å². The minimum absolute atomic E-state index is 0.115. The average Bonchev–Trinajstić information content (AvgIpc) is 3.25. The Morgan fingerprint density at radius 1 is 1.07 bits per heavy atom. The molecule has 1 N–H and O–H groups in total. The van der Waals surface area contributed by atoms with E-state index in [1.165, 1.54) is 12.1 Å². The van der Waals surface area contributed by atoms with E-state index in [-0.39, 0.29) is 37.5 Å². The van der Waals surface area contributed by atoms with Gasteiger partial charge >= 0.3 is 0 Å². The molecule has 3 fully saturated rings. The lowest BCUT2D eigenvalue weighted by Crippen LogP contribution is -2.60. The maximum absolute atomic E-state index is 14.4. The fourth-order valence-electron chi connectivity index (χ4n) is 5.88. The third-order valence-corrected chi connectivity index (χ3v) is 7.95. The summed E-state index contributed by atoms with van der Waals surface area (Å²) >= 11 is 0. The first-order valence-electron chi connectivity index (χ1n) is 14.3. The van der Waals surface area contributed by atoms with Gasteiger partial charge in [0.1, 0.15) is 17.7 Å². The van der Waals surface area contributed by atoms with Crippen molar-refractivity contribution >= 4 is 5.91 Å². The number of fused-ring (bicyclic) bond motifs is 1. The van der Waals surface area contributed by atoms with Crippen LogP contribution in [0.5, 0.6) is 0 Å². The lowest BCUT2D eigenvalue weighted by Gasteiger charge is -2.43. The Bertz CT molecular complexity index is 1210. The summed E-state index contributed by atoms with van der Waals surface area (Å²) in [5.74, 6) is -2.48. The van der Waals surface area contributed by atoms with Crippen molar-refractivity contribution in [1.29, 1.82) is 0 Å². The number of ether oxygens (including phenoxy) is 5. The van der Waals surface area contributed by atoms with Crippen LogP contribution >= 0.6 is 0 Å². The van der Waals surface area contributed by atoms with Crippen molar-refractivity contribution < 1.29 is 37.3 Å². The van der Waals surface area contributed by atoms with Crippen molar-refractivity contribution in [3.8, 4) is 0 Å². The molecular weight excluding hydrogens is 534 g/mol. The van der Waals surface area contributed by atoms with Gasteiger partial charge in [0, 0.05) is 50.7 Å². The molecule has 0 spiro atoms. The first-order chi connectivity index (χ1) is 19.6. The number of nitrogens with one attached hydrogen (secondary N) is 1. The number of hydrogen-bond acceptors (Lipinski definition) is 7. The van der Waals surface area contributed by atoms with Crippen molar-refractivity contribution in [3.05, 3.63) is 70.8 Å². The molecule has 224 valence electrons. The maximum atomic E-state index is 14.4. The van der Waals surface area contributed by atoms with Crippen LogP contribution in [0.25, 0.3) is 0 Å². The molecule has 2 heterocycles. The number of halogens is 2. The van der Waals surface area contributed by atoms with Gasteiger partial charge in [-0.05, 0) is 32.4 Å². The lowest BCUT2D eigenvalue weighted by molar-refractivity contribution is -0.183. The number of nitrogens with zero attached hydrogens (tertiary/aromatic N) is 1. The Hall–Kier alpha value is -2.47. The zero-order valence-corrected chi connectivity index (χ0v) is 24.0. The van der Waals surface area contributed by atoms with Crippen molar-refractivity contribution in [2.24, 2.45) is 0 Å². The summed E-state index contributed by atoms with van der Waals surface area (Å²) in [5.41, 5.74) is 0.983. The Balaban J connectivity index is 1.37. The van der Waals surface area contributed by atoms with Gasteiger partial charge in [0.15, 0.2) is 11.4 Å². The highest BCUT2D eigenvalue weighted by Gasteiger charge is 2.58. The molecule has 2 aromatic rings. The van der Waals surface area contributed by atoms with Crippen LogP contribution in [-0.2, 0) is 41.7 Å². The van der Waals surface area contributed by atoms with E-state index in [4.69, 9.17) is 23.7 Å². The summed E-state index contributed by atoms with van der Waals surface area (Å²) in [7, 11) is 0. The predicted octanol–water partition coefficient (Wildman–Crippen LogP) is 3.88. The number of rotatable bonds is 10. The molecule has 0 aromatic heterocycles. The molecule has 4 atom stereocenters. The minimum Gasteiger partial charge on any atom is -0.379 e. The van der Waals surface area contributed by atoms with Crippen LogP contribution in [0, 0.1) is 18.6 Å². The molecule has 0 bridgehead atoms. The quantitative estimate of drug-likeness (QED) is 0.462. The number of morpholine rings is 1. The van der Waals surface area contributed by atoms with Crippen LogP contribution in [0.15, 0.2) is 42.5 Å². The van der Waals surface area contributed by atoms with Crippen LogP contribution in [0.2, 0.25) is 0 Å². The van der Waals surface area contributed by atoms with E-state index in [2.05, 4.69) is 10.2 Å². The summed E-state index contributed by atoms with van der Waals surface area (Å²) in [4.78, 5) is 16.2. The molecule has 2 saturated heterocycles. The summed E-state index contributed by atoms with van der Waals surface area (Å²) in [6, 6.07) is 11.3. The number of benzene rings is 2. The van der Waals surface area contributed by atoms with E-state index in [1.54, 1.807) is 0 Å². The highest BCUT2D eigenvalue weighted by atomic mass is 19.1. The number of carbonyl (C=O) groups excluding carboxylic acids is 1. The zero-order valence-electron chi connectivity index (χ0n) is 24.0. The topological polar surface area (TPSA) is 78.5 Å². The Kier molecular flexibility index (Phi) is 9.37. The summed E-state index contributed by atoms with van der Waals surface area (Å²) < 4.78 is 58.5. The summed E-state index contributed by atoms with van der Waals surface area (Å²) in [5, 5.41) is 3.10. The Labute approximate surface area is 240 Å². The van der Waals surface area contributed by atoms with Gasteiger partial charge in [-0.25, -0.2) is 8.78 Å². The van der Waals surface area contributed by atoms with Crippen LogP contribution in [0.4, 0.5) is 8.78 Å². The molecular formula is C31H40F2N2O6. The molecule has 41 heavy (non-hydrogen) atoms. The van der Waals surface area contributed by atoms with E-state index in [0.717, 1.165) is 30.3 Å². The van der Waals surface area contributed by atoms with E-state index in [9.17, 15) is 13.6 Å². The summed E-state index contributed by atoms with van der Waals surface area (Å²) in [6.07, 6.45) is -1.13. The standard InChI is InChI=1S/C31H40F2N2O6/c1-21-5-4-6-22(15-21)19-39-31(29(36)34-9-10-35-11-13-37-14-12-35)17-26(28-27(18-31)40-30(2,3)41-28)38-20-23-7-8-24(32)16-25(23)33/h4-8,15-16,26-28H,9-14,17-20H2,1-3H3,(H,34,36)/t26?,27-,28+,31-/m1/s1. The fourth-order valence-corrected chi connectivity index (χ4v) is 5.88. The van der Waals surface area contributed by atoms with Gasteiger partial charge in [-0.1, -0.05) is 35.9 Å². The fraction of sp³-hybridized carbons (Fsp3) is 0.581. The second kappa shape index (κ2) is 12.8. The first-order valence-corrected chi connectivity index (χ1v) is 14.3. The number of carbonyl (C=O) groups is 1. The average molecular weight is 575 g/mol. The van der Waals surface area contributed by atoms with E-state index >= 15 is 0 Å². The molecule has 1 saturated carbocycles. The van der Waals surface area contributed by atoms with Gasteiger partial charge in [-0.2, -0.15) is 0 Å².